The molecule has 0 spiro atoms. The van der Waals surface area contributed by atoms with Crippen molar-refractivity contribution in [2.75, 3.05) is 0 Å². The summed E-state index contributed by atoms with van der Waals surface area (Å²) in [5, 5.41) is 39.2. The number of pyridine rings is 1. The van der Waals surface area contributed by atoms with Crippen molar-refractivity contribution in [1.29, 1.82) is 21.2 Å². The molecule has 2 bridgehead atoms. The van der Waals surface area contributed by atoms with Gasteiger partial charge in [0.25, 0.3) is 0 Å². The van der Waals surface area contributed by atoms with E-state index in [0.717, 1.165) is 5.56 Å². The number of fused-ring (bicyclic) bond motifs is 2. The molecule has 2 aliphatic heterocycles. The standard InChI is InChI=1S/C22H17N5O2/c1-20-17(11-15-7-3-2-4-8-15)22(14-25,19(26)29-20)21(12-23,13-24)18(28-20)16-9-5-6-10-27-16/h2-10,17-18,26H,11H2,1H3. The van der Waals surface area contributed by atoms with Gasteiger partial charge in [-0.15, -0.1) is 0 Å². The van der Waals surface area contributed by atoms with Crippen LogP contribution in [-0.2, 0) is 15.9 Å². The lowest BCUT2D eigenvalue weighted by molar-refractivity contribution is -0.273. The molecule has 1 aromatic heterocycles. The van der Waals surface area contributed by atoms with E-state index in [0.29, 0.717) is 12.1 Å². The van der Waals surface area contributed by atoms with E-state index in [2.05, 4.69) is 11.1 Å². The predicted octanol–water partition coefficient (Wildman–Crippen LogP) is 3.28. The van der Waals surface area contributed by atoms with Crippen molar-refractivity contribution in [3.05, 3.63) is 66.0 Å². The largest absolute Gasteiger partial charge is 0.448 e. The first kappa shape index (κ1) is 18.6. The van der Waals surface area contributed by atoms with Gasteiger partial charge in [-0.25, -0.2) is 0 Å². The van der Waals surface area contributed by atoms with Gasteiger partial charge in [-0.05, 0) is 24.1 Å². The van der Waals surface area contributed by atoms with Crippen LogP contribution in [0.5, 0.6) is 0 Å². The topological polar surface area (TPSA) is 127 Å². The first-order valence-corrected chi connectivity index (χ1v) is 9.12. The van der Waals surface area contributed by atoms with Crippen LogP contribution in [0.4, 0.5) is 0 Å². The van der Waals surface area contributed by atoms with E-state index >= 15 is 0 Å². The lowest BCUT2D eigenvalue weighted by atomic mass is 9.53. The van der Waals surface area contributed by atoms with E-state index in [1.54, 1.807) is 25.1 Å². The summed E-state index contributed by atoms with van der Waals surface area (Å²) < 4.78 is 12.0. The summed E-state index contributed by atoms with van der Waals surface area (Å²) in [6.45, 7) is 1.66. The highest BCUT2D eigenvalue weighted by Crippen LogP contribution is 2.66. The second-order valence-corrected chi connectivity index (χ2v) is 7.39. The molecule has 3 heterocycles. The van der Waals surface area contributed by atoms with Gasteiger partial charge >= 0.3 is 0 Å². The van der Waals surface area contributed by atoms with Crippen molar-refractivity contribution < 1.29 is 9.47 Å². The first-order chi connectivity index (χ1) is 14.0. The molecule has 0 saturated carbocycles. The Hall–Kier alpha value is -3.73. The van der Waals surface area contributed by atoms with E-state index < -0.39 is 34.5 Å². The number of hydrogen-bond donors (Lipinski definition) is 1. The highest BCUT2D eigenvalue weighted by atomic mass is 16.7. The van der Waals surface area contributed by atoms with Gasteiger partial charge in [0, 0.05) is 13.1 Å². The van der Waals surface area contributed by atoms with Crippen molar-refractivity contribution in [3.63, 3.8) is 0 Å². The molecular weight excluding hydrogens is 366 g/mol. The molecule has 7 heteroatoms. The van der Waals surface area contributed by atoms with Crippen LogP contribution < -0.4 is 0 Å². The Labute approximate surface area is 168 Å². The zero-order valence-corrected chi connectivity index (χ0v) is 15.7. The maximum absolute atomic E-state index is 10.3. The van der Waals surface area contributed by atoms with Gasteiger partial charge in [0.1, 0.15) is 6.10 Å². The molecular formula is C22H17N5O2. The second kappa shape index (κ2) is 6.41. The Morgan fingerprint density at radius 1 is 1.03 bits per heavy atom. The van der Waals surface area contributed by atoms with Crippen molar-refractivity contribution in [1.82, 2.24) is 4.98 Å². The third kappa shape index (κ3) is 2.30. The van der Waals surface area contributed by atoms with E-state index in [1.807, 2.05) is 42.5 Å². The minimum absolute atomic E-state index is 0.313. The molecule has 0 aliphatic carbocycles. The highest BCUT2D eigenvalue weighted by molar-refractivity contribution is 5.89. The smallest absolute Gasteiger partial charge is 0.215 e. The summed E-state index contributed by atoms with van der Waals surface area (Å²) in [5.74, 6) is -2.50. The zero-order chi connectivity index (χ0) is 20.7. The van der Waals surface area contributed by atoms with Crippen LogP contribution in [0.3, 0.4) is 0 Å². The number of nitrogens with one attached hydrogen (secondary N) is 1. The number of nitriles is 3. The summed E-state index contributed by atoms with van der Waals surface area (Å²) in [6.07, 6.45) is 0.704. The van der Waals surface area contributed by atoms with Crippen LogP contribution >= 0.6 is 0 Å². The van der Waals surface area contributed by atoms with Gasteiger partial charge in [-0.3, -0.25) is 10.4 Å². The molecule has 0 amide bonds. The summed E-state index contributed by atoms with van der Waals surface area (Å²) in [7, 11) is 0. The molecule has 2 saturated heterocycles. The van der Waals surface area contributed by atoms with Gasteiger partial charge in [0.2, 0.25) is 17.1 Å². The Morgan fingerprint density at radius 2 is 1.72 bits per heavy atom. The Morgan fingerprint density at radius 3 is 2.31 bits per heavy atom. The lowest BCUT2D eigenvalue weighted by Crippen LogP contribution is -2.59. The van der Waals surface area contributed by atoms with Gasteiger partial charge in [0.15, 0.2) is 5.41 Å². The quantitative estimate of drug-likeness (QED) is 0.866. The number of benzene rings is 1. The molecule has 2 aliphatic rings. The molecule has 0 radical (unpaired) electrons. The predicted molar refractivity (Wildman–Crippen MR) is 101 cm³/mol. The fourth-order valence-electron chi connectivity index (χ4n) is 4.53. The summed E-state index contributed by atoms with van der Waals surface area (Å²) >= 11 is 0. The molecule has 1 aromatic carbocycles. The maximum atomic E-state index is 10.3. The van der Waals surface area contributed by atoms with E-state index in [9.17, 15) is 15.8 Å². The van der Waals surface area contributed by atoms with Gasteiger partial charge < -0.3 is 9.47 Å². The lowest BCUT2D eigenvalue weighted by Gasteiger charge is -2.48. The van der Waals surface area contributed by atoms with Crippen LogP contribution in [0.1, 0.15) is 24.3 Å². The second-order valence-electron chi connectivity index (χ2n) is 7.39. The normalized spacial score (nSPS) is 31.7. The van der Waals surface area contributed by atoms with E-state index in [4.69, 9.17) is 14.9 Å². The van der Waals surface area contributed by atoms with Crippen LogP contribution in [0, 0.1) is 56.2 Å². The molecule has 29 heavy (non-hydrogen) atoms. The van der Waals surface area contributed by atoms with Crippen molar-refractivity contribution in [2.45, 2.75) is 25.2 Å². The van der Waals surface area contributed by atoms with Gasteiger partial charge in [-0.2, -0.15) is 15.8 Å². The van der Waals surface area contributed by atoms with Gasteiger partial charge in [0.05, 0.1) is 29.8 Å². The summed E-state index contributed by atoms with van der Waals surface area (Å²) in [6, 6.07) is 20.7. The number of ether oxygens (including phenoxy) is 2. The molecule has 1 N–H and O–H groups in total. The zero-order valence-electron chi connectivity index (χ0n) is 15.7. The average Bonchev–Trinajstić information content (AvgIpc) is 2.91. The fraction of sp³-hybridized carbons (Fsp3) is 0.318. The van der Waals surface area contributed by atoms with Crippen molar-refractivity contribution >= 4 is 5.90 Å². The molecule has 4 unspecified atom stereocenters. The van der Waals surface area contributed by atoms with Crippen LogP contribution in [0.25, 0.3) is 0 Å². The monoisotopic (exact) mass is 383 g/mol. The SMILES string of the molecule is CC12OC(=N)C(C#N)(C1Cc1ccccc1)C(C#N)(C#N)C(c1ccccn1)O2. The molecule has 4 atom stereocenters. The minimum atomic E-state index is -2.00. The Bertz CT molecular complexity index is 1070. The Kier molecular flexibility index (Phi) is 4.12. The molecule has 2 fully saturated rings. The van der Waals surface area contributed by atoms with Crippen molar-refractivity contribution in [3.8, 4) is 18.2 Å². The summed E-state index contributed by atoms with van der Waals surface area (Å²) in [5.41, 5.74) is -2.56. The van der Waals surface area contributed by atoms with Crippen LogP contribution in [-0.4, -0.2) is 16.7 Å². The highest BCUT2D eigenvalue weighted by Gasteiger charge is 2.79. The Balaban J connectivity index is 1.95. The van der Waals surface area contributed by atoms with Crippen LogP contribution in [0.2, 0.25) is 0 Å². The summed E-state index contributed by atoms with van der Waals surface area (Å²) in [4.78, 5) is 4.26. The third-order valence-corrected chi connectivity index (χ3v) is 5.95. The maximum Gasteiger partial charge on any atom is 0.215 e. The van der Waals surface area contributed by atoms with E-state index in [-0.39, 0.29) is 0 Å². The average molecular weight is 383 g/mol. The number of rotatable bonds is 3. The molecule has 7 nitrogen and oxygen atoms in total. The number of nitrogens with zero attached hydrogens (tertiary/aromatic N) is 4. The minimum Gasteiger partial charge on any atom is -0.448 e. The number of aromatic nitrogens is 1. The number of hydrogen-bond acceptors (Lipinski definition) is 7. The molecule has 2 aromatic rings. The molecule has 4 rings (SSSR count). The fourth-order valence-corrected chi connectivity index (χ4v) is 4.53. The van der Waals surface area contributed by atoms with Crippen LogP contribution in [0.15, 0.2) is 54.7 Å². The molecule has 142 valence electrons. The van der Waals surface area contributed by atoms with Gasteiger partial charge in [-0.1, -0.05) is 36.4 Å². The van der Waals surface area contributed by atoms with E-state index in [1.165, 1.54) is 6.20 Å². The van der Waals surface area contributed by atoms with Crippen molar-refractivity contribution in [2.24, 2.45) is 16.7 Å². The third-order valence-electron chi connectivity index (χ3n) is 5.95. The first-order valence-electron chi connectivity index (χ1n) is 9.12.